The average molecular weight is 219 g/mol. The SMILES string of the molecule is Nc1ccc(-c2ccccc2)c(CCl)n1. The molecule has 2 nitrogen and oxygen atoms in total. The summed E-state index contributed by atoms with van der Waals surface area (Å²) in [7, 11) is 0. The van der Waals surface area contributed by atoms with Gasteiger partial charge in [-0.2, -0.15) is 0 Å². The lowest BCUT2D eigenvalue weighted by Crippen LogP contribution is -1.96. The number of alkyl halides is 1. The number of aromatic nitrogens is 1. The molecular weight excluding hydrogens is 208 g/mol. The molecule has 1 heterocycles. The molecule has 0 aliphatic heterocycles. The van der Waals surface area contributed by atoms with E-state index in [1.165, 1.54) is 0 Å². The zero-order valence-electron chi connectivity index (χ0n) is 8.15. The van der Waals surface area contributed by atoms with Crippen LogP contribution in [-0.2, 0) is 5.88 Å². The molecule has 0 aliphatic rings. The molecule has 0 spiro atoms. The van der Waals surface area contributed by atoms with Gasteiger partial charge in [0.2, 0.25) is 0 Å². The maximum absolute atomic E-state index is 5.84. The first-order chi connectivity index (χ1) is 7.31. The Labute approximate surface area is 93.7 Å². The maximum atomic E-state index is 5.84. The van der Waals surface area contributed by atoms with E-state index in [0.29, 0.717) is 11.7 Å². The van der Waals surface area contributed by atoms with Crippen molar-refractivity contribution in [1.82, 2.24) is 4.98 Å². The third kappa shape index (κ3) is 2.10. The monoisotopic (exact) mass is 218 g/mol. The Hall–Kier alpha value is -1.54. The minimum Gasteiger partial charge on any atom is -0.384 e. The fourth-order valence-corrected chi connectivity index (χ4v) is 1.70. The summed E-state index contributed by atoms with van der Waals surface area (Å²) in [6.07, 6.45) is 0. The number of nitrogens with two attached hydrogens (primary N) is 1. The summed E-state index contributed by atoms with van der Waals surface area (Å²) >= 11 is 5.84. The van der Waals surface area contributed by atoms with Crippen molar-refractivity contribution >= 4 is 17.4 Å². The number of hydrogen-bond acceptors (Lipinski definition) is 2. The Bertz CT molecular complexity index is 454. The Morgan fingerprint density at radius 2 is 1.80 bits per heavy atom. The molecule has 3 heteroatoms. The minimum atomic E-state index is 0.370. The number of hydrogen-bond donors (Lipinski definition) is 1. The summed E-state index contributed by atoms with van der Waals surface area (Å²) in [5.74, 6) is 0.875. The topological polar surface area (TPSA) is 38.9 Å². The van der Waals surface area contributed by atoms with Crippen LogP contribution in [0, 0.1) is 0 Å². The fraction of sp³-hybridized carbons (Fsp3) is 0.0833. The second-order valence-corrected chi connectivity index (χ2v) is 3.50. The van der Waals surface area contributed by atoms with Crippen LogP contribution in [-0.4, -0.2) is 4.98 Å². The van der Waals surface area contributed by atoms with Crippen LogP contribution in [0.5, 0.6) is 0 Å². The van der Waals surface area contributed by atoms with Crippen molar-refractivity contribution in [3.63, 3.8) is 0 Å². The van der Waals surface area contributed by atoms with Gasteiger partial charge in [-0.15, -0.1) is 11.6 Å². The highest BCUT2D eigenvalue weighted by molar-refractivity contribution is 6.17. The molecule has 0 bridgehead atoms. The molecule has 0 amide bonds. The van der Waals surface area contributed by atoms with Crippen molar-refractivity contribution in [1.29, 1.82) is 0 Å². The predicted octanol–water partition coefficient (Wildman–Crippen LogP) is 3.07. The first kappa shape index (κ1) is 9.99. The van der Waals surface area contributed by atoms with Crippen molar-refractivity contribution in [2.75, 3.05) is 5.73 Å². The average Bonchev–Trinajstić information content (AvgIpc) is 2.30. The molecule has 2 N–H and O–H groups in total. The smallest absolute Gasteiger partial charge is 0.123 e. The third-order valence-corrected chi connectivity index (χ3v) is 2.46. The maximum Gasteiger partial charge on any atom is 0.123 e. The normalized spacial score (nSPS) is 10.2. The molecule has 0 fully saturated rings. The summed E-state index contributed by atoms with van der Waals surface area (Å²) in [6.45, 7) is 0. The van der Waals surface area contributed by atoms with E-state index in [-0.39, 0.29) is 0 Å². The molecule has 1 aromatic heterocycles. The van der Waals surface area contributed by atoms with Crippen molar-refractivity contribution in [2.24, 2.45) is 0 Å². The molecule has 0 saturated heterocycles. The molecule has 0 radical (unpaired) electrons. The highest BCUT2D eigenvalue weighted by atomic mass is 35.5. The summed E-state index contributed by atoms with van der Waals surface area (Å²) < 4.78 is 0. The van der Waals surface area contributed by atoms with E-state index in [9.17, 15) is 0 Å². The molecule has 2 aromatic rings. The molecular formula is C12H11ClN2. The Morgan fingerprint density at radius 3 is 2.47 bits per heavy atom. The largest absolute Gasteiger partial charge is 0.384 e. The molecule has 0 saturated carbocycles. The van der Waals surface area contributed by atoms with Gasteiger partial charge >= 0.3 is 0 Å². The van der Waals surface area contributed by atoms with Gasteiger partial charge in [0.15, 0.2) is 0 Å². The zero-order chi connectivity index (χ0) is 10.7. The molecule has 0 unspecified atom stereocenters. The van der Waals surface area contributed by atoms with E-state index >= 15 is 0 Å². The van der Waals surface area contributed by atoms with Crippen LogP contribution >= 0.6 is 11.6 Å². The van der Waals surface area contributed by atoms with E-state index < -0.39 is 0 Å². The van der Waals surface area contributed by atoms with Gasteiger partial charge in [0.25, 0.3) is 0 Å². The van der Waals surface area contributed by atoms with Gasteiger partial charge < -0.3 is 5.73 Å². The number of anilines is 1. The predicted molar refractivity (Wildman–Crippen MR) is 63.6 cm³/mol. The van der Waals surface area contributed by atoms with Gasteiger partial charge in [0, 0.05) is 5.56 Å². The lowest BCUT2D eigenvalue weighted by molar-refractivity contribution is 1.18. The number of nitrogen functional groups attached to an aromatic ring is 1. The molecule has 2 rings (SSSR count). The van der Waals surface area contributed by atoms with Gasteiger partial charge in [-0.3, -0.25) is 0 Å². The Balaban J connectivity index is 2.53. The van der Waals surface area contributed by atoms with Crippen LogP contribution < -0.4 is 5.73 Å². The Kier molecular flexibility index (Phi) is 2.88. The van der Waals surface area contributed by atoms with Gasteiger partial charge in [0.05, 0.1) is 11.6 Å². The molecule has 15 heavy (non-hydrogen) atoms. The number of benzene rings is 1. The van der Waals surface area contributed by atoms with Crippen molar-refractivity contribution in [2.45, 2.75) is 5.88 Å². The lowest BCUT2D eigenvalue weighted by atomic mass is 10.0. The molecule has 0 atom stereocenters. The van der Waals surface area contributed by atoms with Crippen molar-refractivity contribution in [3.8, 4) is 11.1 Å². The van der Waals surface area contributed by atoms with E-state index in [1.807, 2.05) is 36.4 Å². The highest BCUT2D eigenvalue weighted by Crippen LogP contribution is 2.24. The van der Waals surface area contributed by atoms with Crippen LogP contribution in [0.2, 0.25) is 0 Å². The molecule has 76 valence electrons. The van der Waals surface area contributed by atoms with E-state index in [2.05, 4.69) is 4.98 Å². The van der Waals surface area contributed by atoms with Crippen LogP contribution in [0.1, 0.15) is 5.69 Å². The highest BCUT2D eigenvalue weighted by Gasteiger charge is 2.05. The second kappa shape index (κ2) is 4.32. The summed E-state index contributed by atoms with van der Waals surface area (Å²) in [5.41, 5.74) is 8.59. The lowest BCUT2D eigenvalue weighted by Gasteiger charge is -2.06. The number of pyridine rings is 1. The first-order valence-corrected chi connectivity index (χ1v) is 5.21. The summed E-state index contributed by atoms with van der Waals surface area (Å²) in [4.78, 5) is 4.21. The number of halogens is 1. The summed E-state index contributed by atoms with van der Waals surface area (Å²) in [6, 6.07) is 13.8. The van der Waals surface area contributed by atoms with Gasteiger partial charge in [0.1, 0.15) is 5.82 Å². The van der Waals surface area contributed by atoms with Gasteiger partial charge in [-0.25, -0.2) is 4.98 Å². The van der Waals surface area contributed by atoms with Gasteiger partial charge in [-0.1, -0.05) is 30.3 Å². The van der Waals surface area contributed by atoms with Crippen molar-refractivity contribution < 1.29 is 0 Å². The second-order valence-electron chi connectivity index (χ2n) is 3.23. The molecule has 0 aliphatic carbocycles. The van der Waals surface area contributed by atoms with E-state index in [4.69, 9.17) is 17.3 Å². The first-order valence-electron chi connectivity index (χ1n) is 4.68. The number of nitrogens with zero attached hydrogens (tertiary/aromatic N) is 1. The van der Waals surface area contributed by atoms with Crippen molar-refractivity contribution in [3.05, 3.63) is 48.2 Å². The quantitative estimate of drug-likeness (QED) is 0.787. The van der Waals surface area contributed by atoms with Gasteiger partial charge in [-0.05, 0) is 17.7 Å². The zero-order valence-corrected chi connectivity index (χ0v) is 8.91. The van der Waals surface area contributed by atoms with Crippen LogP contribution in [0.3, 0.4) is 0 Å². The minimum absolute atomic E-state index is 0.370. The van der Waals surface area contributed by atoms with E-state index in [0.717, 1.165) is 16.8 Å². The Morgan fingerprint density at radius 1 is 1.07 bits per heavy atom. The van der Waals surface area contributed by atoms with Crippen LogP contribution in [0.15, 0.2) is 42.5 Å². The number of rotatable bonds is 2. The summed E-state index contributed by atoms with van der Waals surface area (Å²) in [5, 5.41) is 0. The molecule has 1 aromatic carbocycles. The van der Waals surface area contributed by atoms with Crippen LogP contribution in [0.4, 0.5) is 5.82 Å². The third-order valence-electron chi connectivity index (χ3n) is 2.21. The van der Waals surface area contributed by atoms with E-state index in [1.54, 1.807) is 6.07 Å². The fourth-order valence-electron chi connectivity index (χ4n) is 1.50. The standard InChI is InChI=1S/C12H11ClN2/c13-8-11-10(6-7-12(14)15-11)9-4-2-1-3-5-9/h1-7H,8H2,(H2,14,15). The van der Waals surface area contributed by atoms with Crippen LogP contribution in [0.25, 0.3) is 11.1 Å².